The highest BCUT2D eigenvalue weighted by Gasteiger charge is 2.36. The van der Waals surface area contributed by atoms with Gasteiger partial charge in [0.2, 0.25) is 0 Å². The van der Waals surface area contributed by atoms with Crippen molar-refractivity contribution in [3.05, 3.63) is 71.3 Å². The summed E-state index contributed by atoms with van der Waals surface area (Å²) >= 11 is 0. The second kappa shape index (κ2) is 7.09. The summed E-state index contributed by atoms with van der Waals surface area (Å²) in [7, 11) is 0. The number of likely N-dealkylation sites (tertiary alicyclic amines) is 1. The van der Waals surface area contributed by atoms with Crippen LogP contribution in [-0.2, 0) is 4.79 Å². The molecule has 24 heavy (non-hydrogen) atoms. The molecule has 0 amide bonds. The van der Waals surface area contributed by atoms with Crippen LogP contribution in [0, 0.1) is 11.6 Å². The van der Waals surface area contributed by atoms with E-state index in [1.165, 1.54) is 12.1 Å². The average Bonchev–Trinajstić information content (AvgIpc) is 2.58. The number of benzene rings is 2. The Morgan fingerprint density at radius 2 is 1.88 bits per heavy atom. The first-order valence-corrected chi connectivity index (χ1v) is 8.06. The molecule has 1 fully saturated rings. The summed E-state index contributed by atoms with van der Waals surface area (Å²) in [6.45, 7) is 0.563. The number of piperidine rings is 1. The number of halogens is 2. The Bertz CT molecular complexity index is 721. The topological polar surface area (TPSA) is 40.5 Å². The minimum Gasteiger partial charge on any atom is -0.480 e. The van der Waals surface area contributed by atoms with Crippen molar-refractivity contribution in [1.82, 2.24) is 4.90 Å². The first kappa shape index (κ1) is 16.6. The van der Waals surface area contributed by atoms with Crippen LogP contribution in [0.1, 0.15) is 36.4 Å². The van der Waals surface area contributed by atoms with Crippen molar-refractivity contribution in [2.24, 2.45) is 0 Å². The zero-order valence-corrected chi connectivity index (χ0v) is 13.2. The maximum absolute atomic E-state index is 14.5. The van der Waals surface area contributed by atoms with E-state index in [9.17, 15) is 18.7 Å². The van der Waals surface area contributed by atoms with Gasteiger partial charge in [0.25, 0.3) is 0 Å². The van der Waals surface area contributed by atoms with Gasteiger partial charge >= 0.3 is 5.97 Å². The molecule has 0 aromatic heterocycles. The molecule has 0 spiro atoms. The SMILES string of the molecule is O=C(O)C1CCCCN1C(c1ccccc1)c1ccc(F)cc1F. The summed E-state index contributed by atoms with van der Waals surface area (Å²) < 4.78 is 27.8. The van der Waals surface area contributed by atoms with Crippen molar-refractivity contribution < 1.29 is 18.7 Å². The van der Waals surface area contributed by atoms with Gasteiger partial charge in [-0.15, -0.1) is 0 Å². The minimum atomic E-state index is -0.904. The molecule has 0 bridgehead atoms. The molecular weight excluding hydrogens is 312 g/mol. The van der Waals surface area contributed by atoms with E-state index in [-0.39, 0.29) is 0 Å². The zero-order chi connectivity index (χ0) is 17.1. The molecular formula is C19H19F2NO2. The third-order valence-corrected chi connectivity index (χ3v) is 4.53. The van der Waals surface area contributed by atoms with E-state index >= 15 is 0 Å². The number of nitrogens with zero attached hydrogens (tertiary/aromatic N) is 1. The van der Waals surface area contributed by atoms with Gasteiger partial charge in [-0.25, -0.2) is 8.78 Å². The summed E-state index contributed by atoms with van der Waals surface area (Å²) in [6, 6.07) is 11.5. The molecule has 3 rings (SSSR count). The monoisotopic (exact) mass is 331 g/mol. The number of hydrogen-bond acceptors (Lipinski definition) is 2. The maximum atomic E-state index is 14.5. The standard InChI is InChI=1S/C19H19F2NO2/c20-14-9-10-15(16(21)12-14)18(13-6-2-1-3-7-13)22-11-5-4-8-17(22)19(23)24/h1-3,6-7,9-10,12,17-18H,4-5,8,11H2,(H,23,24). The van der Waals surface area contributed by atoms with Crippen LogP contribution in [0.4, 0.5) is 8.78 Å². The van der Waals surface area contributed by atoms with Crippen LogP contribution >= 0.6 is 0 Å². The molecule has 2 unspecified atom stereocenters. The molecule has 2 aromatic rings. The lowest BCUT2D eigenvalue weighted by Crippen LogP contribution is -2.47. The highest BCUT2D eigenvalue weighted by Crippen LogP contribution is 2.35. The summed E-state index contributed by atoms with van der Waals surface area (Å²) in [5.74, 6) is -2.20. The molecule has 1 saturated heterocycles. The van der Waals surface area contributed by atoms with Crippen LogP contribution in [0.3, 0.4) is 0 Å². The molecule has 2 aromatic carbocycles. The van der Waals surface area contributed by atoms with Gasteiger partial charge < -0.3 is 5.11 Å². The number of hydrogen-bond donors (Lipinski definition) is 1. The Labute approximate surface area is 139 Å². The third-order valence-electron chi connectivity index (χ3n) is 4.53. The van der Waals surface area contributed by atoms with Crippen LogP contribution in [0.5, 0.6) is 0 Å². The first-order chi connectivity index (χ1) is 11.6. The van der Waals surface area contributed by atoms with E-state index in [4.69, 9.17) is 0 Å². The van der Waals surface area contributed by atoms with E-state index in [0.717, 1.165) is 24.5 Å². The summed E-state index contributed by atoms with van der Waals surface area (Å²) in [5.41, 5.74) is 1.10. The number of rotatable bonds is 4. The van der Waals surface area contributed by atoms with E-state index in [0.29, 0.717) is 18.5 Å². The molecule has 0 radical (unpaired) electrons. The zero-order valence-electron chi connectivity index (χ0n) is 13.2. The van der Waals surface area contributed by atoms with E-state index < -0.39 is 29.7 Å². The second-order valence-corrected chi connectivity index (χ2v) is 6.07. The number of aliphatic carboxylic acids is 1. The normalized spacial score (nSPS) is 19.8. The molecule has 1 N–H and O–H groups in total. The first-order valence-electron chi connectivity index (χ1n) is 8.06. The Morgan fingerprint density at radius 3 is 2.54 bits per heavy atom. The molecule has 5 heteroatoms. The van der Waals surface area contributed by atoms with Gasteiger partial charge in [-0.1, -0.05) is 42.8 Å². The summed E-state index contributed by atoms with van der Waals surface area (Å²) in [4.78, 5) is 13.5. The maximum Gasteiger partial charge on any atom is 0.320 e. The molecule has 1 aliphatic rings. The summed E-state index contributed by atoms with van der Waals surface area (Å²) in [6.07, 6.45) is 2.22. The van der Waals surface area contributed by atoms with E-state index in [1.807, 2.05) is 35.2 Å². The van der Waals surface area contributed by atoms with Crippen molar-refractivity contribution in [3.8, 4) is 0 Å². The lowest BCUT2D eigenvalue weighted by Gasteiger charge is -2.39. The van der Waals surface area contributed by atoms with Crippen molar-refractivity contribution in [2.75, 3.05) is 6.54 Å². The minimum absolute atomic E-state index is 0.302. The smallest absolute Gasteiger partial charge is 0.320 e. The highest BCUT2D eigenvalue weighted by molar-refractivity contribution is 5.73. The van der Waals surface area contributed by atoms with Gasteiger partial charge in [-0.2, -0.15) is 0 Å². The van der Waals surface area contributed by atoms with Gasteiger partial charge in [-0.3, -0.25) is 9.69 Å². The molecule has 0 aliphatic carbocycles. The van der Waals surface area contributed by atoms with Crippen molar-refractivity contribution in [3.63, 3.8) is 0 Å². The van der Waals surface area contributed by atoms with E-state index in [2.05, 4.69) is 0 Å². The van der Waals surface area contributed by atoms with Gasteiger partial charge in [0, 0.05) is 11.6 Å². The molecule has 3 nitrogen and oxygen atoms in total. The molecule has 1 heterocycles. The lowest BCUT2D eigenvalue weighted by molar-refractivity contribution is -0.145. The van der Waals surface area contributed by atoms with Gasteiger partial charge in [0.1, 0.15) is 17.7 Å². The van der Waals surface area contributed by atoms with Crippen molar-refractivity contribution >= 4 is 5.97 Å². The number of carboxylic acids is 1. The quantitative estimate of drug-likeness (QED) is 0.921. The molecule has 126 valence electrons. The molecule has 1 aliphatic heterocycles. The van der Waals surface area contributed by atoms with Crippen molar-refractivity contribution in [2.45, 2.75) is 31.3 Å². The Balaban J connectivity index is 2.10. The van der Waals surface area contributed by atoms with Gasteiger partial charge in [-0.05, 0) is 31.0 Å². The number of carboxylic acid groups (broad SMARTS) is 1. The van der Waals surface area contributed by atoms with Crippen LogP contribution in [-0.4, -0.2) is 28.6 Å². The Kier molecular flexibility index (Phi) is 4.90. The van der Waals surface area contributed by atoms with Gasteiger partial charge in [0.15, 0.2) is 0 Å². The lowest BCUT2D eigenvalue weighted by atomic mass is 9.91. The summed E-state index contributed by atoms with van der Waals surface area (Å²) in [5, 5.41) is 9.57. The van der Waals surface area contributed by atoms with Gasteiger partial charge in [0.05, 0.1) is 6.04 Å². The van der Waals surface area contributed by atoms with Crippen molar-refractivity contribution in [1.29, 1.82) is 0 Å². The fourth-order valence-corrected chi connectivity index (χ4v) is 3.44. The predicted octanol–water partition coefficient (Wildman–Crippen LogP) is 3.99. The highest BCUT2D eigenvalue weighted by atomic mass is 19.1. The Morgan fingerprint density at radius 1 is 1.12 bits per heavy atom. The average molecular weight is 331 g/mol. The fraction of sp³-hybridized carbons (Fsp3) is 0.316. The Hall–Kier alpha value is -2.27. The van der Waals surface area contributed by atoms with E-state index in [1.54, 1.807) is 0 Å². The van der Waals surface area contributed by atoms with Crippen LogP contribution in [0.15, 0.2) is 48.5 Å². The van der Waals surface area contributed by atoms with Crippen LogP contribution in [0.2, 0.25) is 0 Å². The largest absolute Gasteiger partial charge is 0.480 e. The van der Waals surface area contributed by atoms with Crippen LogP contribution < -0.4 is 0 Å². The fourth-order valence-electron chi connectivity index (χ4n) is 3.44. The molecule has 2 atom stereocenters. The second-order valence-electron chi connectivity index (χ2n) is 6.07. The third kappa shape index (κ3) is 3.31. The predicted molar refractivity (Wildman–Crippen MR) is 86.6 cm³/mol. The molecule has 0 saturated carbocycles. The number of carbonyl (C=O) groups is 1. The van der Waals surface area contributed by atoms with Crippen LogP contribution in [0.25, 0.3) is 0 Å².